The van der Waals surface area contributed by atoms with Crippen molar-refractivity contribution in [2.24, 2.45) is 0 Å². The summed E-state index contributed by atoms with van der Waals surface area (Å²) in [6.07, 6.45) is 0.900. The molecule has 5 nitrogen and oxygen atoms in total. The predicted octanol–water partition coefficient (Wildman–Crippen LogP) is 1.44. The third-order valence-corrected chi connectivity index (χ3v) is 5.11. The second kappa shape index (κ2) is 15.4. The number of nitrogens with zero attached hydrogens (tertiary/aromatic N) is 2. The third-order valence-electron chi connectivity index (χ3n) is 2.74. The van der Waals surface area contributed by atoms with Gasteiger partial charge < -0.3 is 19.3 Å². The molecule has 0 rings (SSSR count). The van der Waals surface area contributed by atoms with Gasteiger partial charge in [-0.1, -0.05) is 21.6 Å². The molecule has 0 aromatic rings. The first-order valence-electron chi connectivity index (χ1n) is 6.86. The van der Waals surface area contributed by atoms with E-state index in [1.165, 1.54) is 0 Å². The molecule has 0 N–H and O–H groups in total. The van der Waals surface area contributed by atoms with Crippen LogP contribution in [0.25, 0.3) is 0 Å². The van der Waals surface area contributed by atoms with Gasteiger partial charge >= 0.3 is 0 Å². The van der Waals surface area contributed by atoms with Crippen LogP contribution in [0.2, 0.25) is 0 Å². The largest absolute Gasteiger partial charge is 0.468 e. The zero-order valence-corrected chi connectivity index (χ0v) is 14.5. The Morgan fingerprint density at radius 1 is 0.950 bits per heavy atom. The van der Waals surface area contributed by atoms with Crippen LogP contribution in [0, 0.1) is 0 Å². The highest BCUT2D eigenvalue weighted by molar-refractivity contribution is 8.76. The van der Waals surface area contributed by atoms with E-state index < -0.39 is 0 Å². The normalized spacial score (nSPS) is 11.2. The van der Waals surface area contributed by atoms with Crippen LogP contribution in [0.1, 0.15) is 6.42 Å². The lowest BCUT2D eigenvalue weighted by Gasteiger charge is -2.16. The maximum absolute atomic E-state index is 9.98. The quantitative estimate of drug-likeness (QED) is 0.256. The minimum absolute atomic E-state index is 0.510. The fourth-order valence-corrected chi connectivity index (χ4v) is 3.60. The van der Waals surface area contributed by atoms with E-state index in [-0.39, 0.29) is 0 Å². The SMILES string of the molecule is COCCN(C)CCSSCCN(C)CCCOC=O. The van der Waals surface area contributed by atoms with Crippen LogP contribution >= 0.6 is 21.6 Å². The summed E-state index contributed by atoms with van der Waals surface area (Å²) in [5.41, 5.74) is 0. The van der Waals surface area contributed by atoms with Crippen molar-refractivity contribution in [2.75, 3.05) is 72.1 Å². The first-order valence-corrected chi connectivity index (χ1v) is 9.35. The summed E-state index contributed by atoms with van der Waals surface area (Å²) in [6.45, 7) is 5.96. The van der Waals surface area contributed by atoms with E-state index in [9.17, 15) is 4.79 Å². The van der Waals surface area contributed by atoms with Crippen LogP contribution in [0.4, 0.5) is 0 Å². The molecule has 0 atom stereocenters. The molecule has 0 amide bonds. The van der Waals surface area contributed by atoms with Crippen LogP contribution in [0.15, 0.2) is 0 Å². The highest BCUT2D eigenvalue weighted by atomic mass is 33.1. The molecule has 7 heteroatoms. The van der Waals surface area contributed by atoms with E-state index in [0.717, 1.165) is 50.7 Å². The van der Waals surface area contributed by atoms with Crippen molar-refractivity contribution in [3.8, 4) is 0 Å². The predicted molar refractivity (Wildman–Crippen MR) is 88.4 cm³/mol. The smallest absolute Gasteiger partial charge is 0.293 e. The lowest BCUT2D eigenvalue weighted by molar-refractivity contribution is -0.128. The fourth-order valence-electron chi connectivity index (χ4n) is 1.44. The van der Waals surface area contributed by atoms with E-state index in [0.29, 0.717) is 13.1 Å². The van der Waals surface area contributed by atoms with Crippen LogP contribution in [0.3, 0.4) is 0 Å². The average molecular weight is 325 g/mol. The molecule has 120 valence electrons. The molecule has 0 aromatic carbocycles. The van der Waals surface area contributed by atoms with Crippen molar-refractivity contribution in [1.82, 2.24) is 9.80 Å². The van der Waals surface area contributed by atoms with E-state index in [1.807, 2.05) is 21.6 Å². The Labute approximate surface area is 131 Å². The highest BCUT2D eigenvalue weighted by Crippen LogP contribution is 2.20. The molecule has 0 heterocycles. The van der Waals surface area contributed by atoms with Gasteiger partial charge in [-0.05, 0) is 20.5 Å². The fraction of sp³-hybridized carbons (Fsp3) is 0.923. The molecule has 0 fully saturated rings. The Morgan fingerprint density at radius 3 is 2.10 bits per heavy atom. The number of hydrogen-bond donors (Lipinski definition) is 0. The minimum Gasteiger partial charge on any atom is -0.468 e. The number of likely N-dealkylation sites (N-methyl/N-ethyl adjacent to an activating group) is 1. The van der Waals surface area contributed by atoms with Crippen molar-refractivity contribution in [1.29, 1.82) is 0 Å². The lowest BCUT2D eigenvalue weighted by atomic mass is 10.4. The van der Waals surface area contributed by atoms with Gasteiger partial charge in [0.2, 0.25) is 0 Å². The monoisotopic (exact) mass is 324 g/mol. The van der Waals surface area contributed by atoms with E-state index in [4.69, 9.17) is 4.74 Å². The zero-order chi connectivity index (χ0) is 15.1. The minimum atomic E-state index is 0.510. The number of methoxy groups -OCH3 is 1. The standard InChI is InChI=1S/C13H28N2O3S2/c1-14(5-4-9-18-13-16)7-11-19-20-12-8-15(2)6-10-17-3/h13H,4-12H2,1-3H3. The Hall–Kier alpha value is 0.0500. The molecule has 0 radical (unpaired) electrons. The van der Waals surface area contributed by atoms with Crippen molar-refractivity contribution in [2.45, 2.75) is 6.42 Å². The second-order valence-corrected chi connectivity index (χ2v) is 7.27. The molecule has 0 unspecified atom stereocenters. The first-order chi connectivity index (χ1) is 9.70. The molecule has 0 aliphatic heterocycles. The molecule has 0 saturated carbocycles. The number of carbonyl (C=O) groups is 1. The van der Waals surface area contributed by atoms with Crippen molar-refractivity contribution < 1.29 is 14.3 Å². The molecule has 0 bridgehead atoms. The van der Waals surface area contributed by atoms with E-state index >= 15 is 0 Å². The molecule has 20 heavy (non-hydrogen) atoms. The van der Waals surface area contributed by atoms with Crippen molar-refractivity contribution in [3.05, 3.63) is 0 Å². The third kappa shape index (κ3) is 14.5. The maximum Gasteiger partial charge on any atom is 0.293 e. The van der Waals surface area contributed by atoms with Gasteiger partial charge in [0, 0.05) is 44.8 Å². The lowest BCUT2D eigenvalue weighted by Crippen LogP contribution is -2.25. The Bertz CT molecular complexity index is 224. The number of hydrogen-bond acceptors (Lipinski definition) is 7. The summed E-state index contributed by atoms with van der Waals surface area (Å²) in [5, 5.41) is 0. The van der Waals surface area contributed by atoms with Gasteiger partial charge in [0.25, 0.3) is 6.47 Å². The Kier molecular flexibility index (Phi) is 15.5. The number of rotatable bonds is 15. The molecule has 0 spiro atoms. The Morgan fingerprint density at radius 2 is 1.55 bits per heavy atom. The topological polar surface area (TPSA) is 42.0 Å². The summed E-state index contributed by atoms with van der Waals surface area (Å²) in [5.74, 6) is 2.26. The number of carbonyl (C=O) groups excluding carboxylic acids is 1. The average Bonchev–Trinajstić information content (AvgIpc) is 2.45. The summed E-state index contributed by atoms with van der Waals surface area (Å²) in [4.78, 5) is 14.5. The molecule has 0 aliphatic carbocycles. The van der Waals surface area contributed by atoms with Gasteiger partial charge in [-0.2, -0.15) is 0 Å². The maximum atomic E-state index is 9.98. The van der Waals surface area contributed by atoms with Crippen LogP contribution in [-0.4, -0.2) is 88.4 Å². The second-order valence-electron chi connectivity index (χ2n) is 4.56. The Balaban J connectivity index is 3.24. The highest BCUT2D eigenvalue weighted by Gasteiger charge is 2.00. The van der Waals surface area contributed by atoms with Crippen molar-refractivity contribution >= 4 is 28.1 Å². The first kappa shape index (κ1) is 20.1. The van der Waals surface area contributed by atoms with Gasteiger partial charge in [-0.3, -0.25) is 4.79 Å². The van der Waals surface area contributed by atoms with Gasteiger partial charge in [0.15, 0.2) is 0 Å². The number of ether oxygens (including phenoxy) is 2. The summed E-state index contributed by atoms with van der Waals surface area (Å²) < 4.78 is 9.71. The molecule has 0 saturated heterocycles. The molecule has 0 aromatic heterocycles. The van der Waals surface area contributed by atoms with Crippen LogP contribution in [-0.2, 0) is 14.3 Å². The van der Waals surface area contributed by atoms with Crippen LogP contribution < -0.4 is 0 Å². The summed E-state index contributed by atoms with van der Waals surface area (Å²) in [7, 11) is 9.81. The van der Waals surface area contributed by atoms with Gasteiger partial charge in [-0.15, -0.1) is 0 Å². The van der Waals surface area contributed by atoms with E-state index in [1.54, 1.807) is 7.11 Å². The van der Waals surface area contributed by atoms with Gasteiger partial charge in [0.1, 0.15) is 0 Å². The summed E-state index contributed by atoms with van der Waals surface area (Å²) >= 11 is 0. The molecular formula is C13H28N2O3S2. The van der Waals surface area contributed by atoms with Gasteiger partial charge in [0.05, 0.1) is 13.2 Å². The van der Waals surface area contributed by atoms with E-state index in [2.05, 4.69) is 28.6 Å². The summed E-state index contributed by atoms with van der Waals surface area (Å²) in [6, 6.07) is 0. The molecule has 0 aliphatic rings. The van der Waals surface area contributed by atoms with Crippen molar-refractivity contribution in [3.63, 3.8) is 0 Å². The molecular weight excluding hydrogens is 296 g/mol. The zero-order valence-electron chi connectivity index (χ0n) is 12.9. The van der Waals surface area contributed by atoms with Gasteiger partial charge in [-0.25, -0.2) is 0 Å². The van der Waals surface area contributed by atoms with Crippen LogP contribution in [0.5, 0.6) is 0 Å².